The van der Waals surface area contributed by atoms with Crippen LogP contribution in [0.5, 0.6) is 0 Å². The van der Waals surface area contributed by atoms with Crippen molar-refractivity contribution in [1.82, 2.24) is 10.3 Å². The Morgan fingerprint density at radius 1 is 1.59 bits per heavy atom. The summed E-state index contributed by atoms with van der Waals surface area (Å²) < 4.78 is 5.29. The van der Waals surface area contributed by atoms with Crippen molar-refractivity contribution in [1.29, 1.82) is 0 Å². The summed E-state index contributed by atoms with van der Waals surface area (Å²) >= 11 is 1.57. The molecule has 2 N–H and O–H groups in total. The Balaban J connectivity index is 1.95. The second-order valence-corrected chi connectivity index (χ2v) is 4.65. The van der Waals surface area contributed by atoms with E-state index in [0.717, 1.165) is 22.9 Å². The summed E-state index contributed by atoms with van der Waals surface area (Å²) in [7, 11) is 0. The summed E-state index contributed by atoms with van der Waals surface area (Å²) in [5.74, 6) is 0.801. The van der Waals surface area contributed by atoms with Crippen LogP contribution in [0.25, 0.3) is 10.8 Å². The van der Waals surface area contributed by atoms with Crippen molar-refractivity contribution in [2.75, 3.05) is 6.61 Å². The normalized spacial score (nSPS) is 12.8. The zero-order valence-corrected chi connectivity index (χ0v) is 10.5. The monoisotopic (exact) mass is 252 g/mol. The Kier molecular flexibility index (Phi) is 4.30. The molecule has 0 amide bonds. The minimum absolute atomic E-state index is 0.142. The second kappa shape index (κ2) is 5.95. The molecule has 2 aromatic rings. The summed E-state index contributed by atoms with van der Waals surface area (Å²) in [6.07, 6.45) is 2.55. The van der Waals surface area contributed by atoms with Gasteiger partial charge in [-0.3, -0.25) is 0 Å². The molecule has 0 aliphatic rings. The summed E-state index contributed by atoms with van der Waals surface area (Å²) in [6.45, 7) is 2.88. The molecule has 0 aliphatic heterocycles. The molecule has 0 radical (unpaired) electrons. The van der Waals surface area contributed by atoms with Gasteiger partial charge in [-0.15, -0.1) is 11.3 Å². The summed E-state index contributed by atoms with van der Waals surface area (Å²) in [5, 5.41) is 15.2. The number of aliphatic hydroxyl groups is 1. The lowest BCUT2D eigenvalue weighted by molar-refractivity contribution is 0.238. The molecule has 0 saturated heterocycles. The lowest BCUT2D eigenvalue weighted by atomic mass is 10.2. The third-order valence-electron chi connectivity index (χ3n) is 2.57. The van der Waals surface area contributed by atoms with Crippen molar-refractivity contribution >= 4 is 11.3 Å². The molecule has 2 aromatic heterocycles. The number of thiazole rings is 1. The van der Waals surface area contributed by atoms with Gasteiger partial charge in [0.25, 0.3) is 0 Å². The first-order chi connectivity index (χ1) is 8.33. The van der Waals surface area contributed by atoms with Gasteiger partial charge in [-0.25, -0.2) is 4.98 Å². The van der Waals surface area contributed by atoms with E-state index in [-0.39, 0.29) is 12.6 Å². The van der Waals surface area contributed by atoms with Crippen molar-refractivity contribution < 1.29 is 9.52 Å². The molecular weight excluding hydrogens is 236 g/mol. The standard InChI is InChI=1S/C12H16N2O2S/c1-2-9(7-15)13-6-10-8-17-12(14-10)11-4-3-5-16-11/h3-5,8-9,13,15H,2,6-7H2,1H3. The van der Waals surface area contributed by atoms with Crippen molar-refractivity contribution in [2.24, 2.45) is 0 Å². The molecule has 0 aliphatic carbocycles. The number of nitrogens with one attached hydrogen (secondary N) is 1. The highest BCUT2D eigenvalue weighted by atomic mass is 32.1. The molecule has 2 heterocycles. The predicted molar refractivity (Wildman–Crippen MR) is 67.8 cm³/mol. The number of nitrogens with zero attached hydrogens (tertiary/aromatic N) is 1. The third-order valence-corrected chi connectivity index (χ3v) is 3.47. The van der Waals surface area contributed by atoms with Crippen LogP contribution in [-0.2, 0) is 6.54 Å². The maximum atomic E-state index is 9.06. The average molecular weight is 252 g/mol. The fourth-order valence-corrected chi connectivity index (χ4v) is 2.27. The fraction of sp³-hybridized carbons (Fsp3) is 0.417. The van der Waals surface area contributed by atoms with Gasteiger partial charge in [-0.05, 0) is 18.6 Å². The number of hydrogen-bond donors (Lipinski definition) is 2. The Hall–Kier alpha value is -1.17. The fourth-order valence-electron chi connectivity index (χ4n) is 1.49. The molecule has 17 heavy (non-hydrogen) atoms. The highest BCUT2D eigenvalue weighted by Crippen LogP contribution is 2.23. The summed E-state index contributed by atoms with van der Waals surface area (Å²) in [4.78, 5) is 4.47. The summed E-state index contributed by atoms with van der Waals surface area (Å²) in [6, 6.07) is 3.90. The molecule has 0 saturated carbocycles. The molecule has 0 bridgehead atoms. The smallest absolute Gasteiger partial charge is 0.162 e. The van der Waals surface area contributed by atoms with Crippen LogP contribution in [0.4, 0.5) is 0 Å². The number of hydrogen-bond acceptors (Lipinski definition) is 5. The van der Waals surface area contributed by atoms with Crippen LogP contribution in [0.3, 0.4) is 0 Å². The third kappa shape index (κ3) is 3.15. The zero-order chi connectivity index (χ0) is 12.1. The van der Waals surface area contributed by atoms with E-state index in [1.54, 1.807) is 17.6 Å². The predicted octanol–water partition coefficient (Wildman–Crippen LogP) is 2.26. The highest BCUT2D eigenvalue weighted by molar-refractivity contribution is 7.13. The molecule has 0 spiro atoms. The van der Waals surface area contributed by atoms with E-state index in [9.17, 15) is 0 Å². The van der Waals surface area contributed by atoms with E-state index < -0.39 is 0 Å². The van der Waals surface area contributed by atoms with E-state index in [1.165, 1.54) is 0 Å². The Labute approximate surface area is 104 Å². The maximum absolute atomic E-state index is 9.06. The topological polar surface area (TPSA) is 58.3 Å². The van der Waals surface area contributed by atoms with Gasteiger partial charge >= 0.3 is 0 Å². The highest BCUT2D eigenvalue weighted by Gasteiger charge is 2.08. The molecule has 0 fully saturated rings. The van der Waals surface area contributed by atoms with E-state index in [4.69, 9.17) is 9.52 Å². The molecule has 0 aromatic carbocycles. The number of furan rings is 1. The van der Waals surface area contributed by atoms with E-state index in [2.05, 4.69) is 10.3 Å². The molecule has 5 heteroatoms. The SMILES string of the molecule is CCC(CO)NCc1csc(-c2ccco2)n1. The van der Waals surface area contributed by atoms with Crippen molar-refractivity contribution in [3.63, 3.8) is 0 Å². The lowest BCUT2D eigenvalue weighted by Crippen LogP contribution is -2.31. The molecule has 1 atom stereocenters. The van der Waals surface area contributed by atoms with Gasteiger partial charge in [0, 0.05) is 18.0 Å². The Morgan fingerprint density at radius 3 is 3.12 bits per heavy atom. The molecule has 1 unspecified atom stereocenters. The van der Waals surface area contributed by atoms with Crippen LogP contribution in [-0.4, -0.2) is 22.7 Å². The van der Waals surface area contributed by atoms with Crippen molar-refractivity contribution in [3.8, 4) is 10.8 Å². The minimum Gasteiger partial charge on any atom is -0.462 e. The van der Waals surface area contributed by atoms with E-state index in [0.29, 0.717) is 6.54 Å². The van der Waals surface area contributed by atoms with Crippen LogP contribution < -0.4 is 5.32 Å². The largest absolute Gasteiger partial charge is 0.462 e. The maximum Gasteiger partial charge on any atom is 0.162 e. The molecule has 2 rings (SSSR count). The van der Waals surface area contributed by atoms with Crippen LogP contribution in [0.15, 0.2) is 28.2 Å². The average Bonchev–Trinajstić information content (AvgIpc) is 3.01. The molecular formula is C12H16N2O2S. The van der Waals surface area contributed by atoms with Gasteiger partial charge in [0.1, 0.15) is 0 Å². The van der Waals surface area contributed by atoms with Gasteiger partial charge in [0.05, 0.1) is 18.6 Å². The van der Waals surface area contributed by atoms with Gasteiger partial charge in [0.15, 0.2) is 10.8 Å². The second-order valence-electron chi connectivity index (χ2n) is 3.79. The quantitative estimate of drug-likeness (QED) is 0.828. The number of aromatic nitrogens is 1. The molecule has 92 valence electrons. The molecule has 4 nitrogen and oxygen atoms in total. The van der Waals surface area contributed by atoms with Crippen LogP contribution >= 0.6 is 11.3 Å². The van der Waals surface area contributed by atoms with Gasteiger partial charge < -0.3 is 14.8 Å². The van der Waals surface area contributed by atoms with Crippen LogP contribution in [0.1, 0.15) is 19.0 Å². The summed E-state index contributed by atoms with van der Waals surface area (Å²) in [5.41, 5.74) is 0.980. The Bertz CT molecular complexity index is 435. The van der Waals surface area contributed by atoms with Gasteiger partial charge in [-0.2, -0.15) is 0 Å². The van der Waals surface area contributed by atoms with Crippen molar-refractivity contribution in [3.05, 3.63) is 29.5 Å². The first-order valence-electron chi connectivity index (χ1n) is 5.66. The van der Waals surface area contributed by atoms with Crippen LogP contribution in [0.2, 0.25) is 0 Å². The number of aliphatic hydroxyl groups excluding tert-OH is 1. The van der Waals surface area contributed by atoms with Gasteiger partial charge in [-0.1, -0.05) is 6.92 Å². The first-order valence-corrected chi connectivity index (χ1v) is 6.54. The van der Waals surface area contributed by atoms with Crippen molar-refractivity contribution in [2.45, 2.75) is 25.9 Å². The zero-order valence-electron chi connectivity index (χ0n) is 9.72. The first kappa shape index (κ1) is 12.3. The van der Waals surface area contributed by atoms with E-state index >= 15 is 0 Å². The van der Waals surface area contributed by atoms with E-state index in [1.807, 2.05) is 24.4 Å². The van der Waals surface area contributed by atoms with Crippen LogP contribution in [0, 0.1) is 0 Å². The number of rotatable bonds is 6. The van der Waals surface area contributed by atoms with Gasteiger partial charge in [0.2, 0.25) is 0 Å². The Morgan fingerprint density at radius 2 is 2.47 bits per heavy atom. The lowest BCUT2D eigenvalue weighted by Gasteiger charge is -2.12. The minimum atomic E-state index is 0.142.